The summed E-state index contributed by atoms with van der Waals surface area (Å²) in [5.74, 6) is 0. The minimum absolute atomic E-state index is 0.168. The maximum absolute atomic E-state index is 12.5. The van der Waals surface area contributed by atoms with Crippen LogP contribution in [0.5, 0.6) is 0 Å². The van der Waals surface area contributed by atoms with E-state index < -0.39 is 10.0 Å². The number of pyridine rings is 2. The maximum atomic E-state index is 12.5. The van der Waals surface area contributed by atoms with Gasteiger partial charge in [0.25, 0.3) is 10.0 Å². The first-order valence-corrected chi connectivity index (χ1v) is 7.90. The molecule has 0 bridgehead atoms. The number of nitrogens with zero attached hydrogens (tertiary/aromatic N) is 2. The molecule has 106 valence electrons. The third-order valence-electron chi connectivity index (χ3n) is 2.87. The molecule has 0 aliphatic heterocycles. The van der Waals surface area contributed by atoms with Crippen LogP contribution in [-0.4, -0.2) is 18.4 Å². The molecule has 0 aliphatic rings. The normalized spacial score (nSPS) is 11.5. The van der Waals surface area contributed by atoms with Gasteiger partial charge in [-0.1, -0.05) is 17.7 Å². The first-order valence-electron chi connectivity index (χ1n) is 6.04. The van der Waals surface area contributed by atoms with Crippen molar-refractivity contribution in [1.29, 1.82) is 0 Å². The average molecular weight is 320 g/mol. The molecule has 0 amide bonds. The fourth-order valence-corrected chi connectivity index (χ4v) is 3.43. The predicted molar refractivity (Wildman–Crippen MR) is 81.8 cm³/mol. The Morgan fingerprint density at radius 2 is 1.86 bits per heavy atom. The third kappa shape index (κ3) is 2.81. The molecule has 5 nitrogen and oxygen atoms in total. The Morgan fingerprint density at radius 3 is 2.67 bits per heavy atom. The summed E-state index contributed by atoms with van der Waals surface area (Å²) < 4.78 is 27.5. The van der Waals surface area contributed by atoms with Gasteiger partial charge in [-0.05, 0) is 36.4 Å². The number of rotatable bonds is 3. The van der Waals surface area contributed by atoms with Gasteiger partial charge in [-0.15, -0.1) is 0 Å². The van der Waals surface area contributed by atoms with E-state index in [-0.39, 0.29) is 10.0 Å². The molecular weight excluding hydrogens is 310 g/mol. The lowest BCUT2D eigenvalue weighted by Gasteiger charge is -2.10. The number of hydrogen-bond donors (Lipinski definition) is 1. The molecule has 3 rings (SSSR count). The van der Waals surface area contributed by atoms with Crippen molar-refractivity contribution >= 4 is 38.2 Å². The van der Waals surface area contributed by atoms with Gasteiger partial charge in [0, 0.05) is 17.8 Å². The number of halogens is 1. The summed E-state index contributed by atoms with van der Waals surface area (Å²) >= 11 is 5.76. The van der Waals surface area contributed by atoms with Crippen molar-refractivity contribution in [2.75, 3.05) is 4.72 Å². The van der Waals surface area contributed by atoms with Crippen LogP contribution in [0.15, 0.2) is 59.8 Å². The number of fused-ring (bicyclic) bond motifs is 1. The lowest BCUT2D eigenvalue weighted by Crippen LogP contribution is -2.13. The molecule has 3 aromatic rings. The van der Waals surface area contributed by atoms with E-state index in [0.717, 1.165) is 0 Å². The highest BCUT2D eigenvalue weighted by molar-refractivity contribution is 7.93. The fraction of sp³-hybridized carbons (Fsp3) is 0. The Labute approximate surface area is 126 Å². The topological polar surface area (TPSA) is 72.0 Å². The first kappa shape index (κ1) is 13.8. The summed E-state index contributed by atoms with van der Waals surface area (Å²) in [6, 6.07) is 11.4. The smallest absolute Gasteiger partial charge is 0.262 e. The predicted octanol–water partition coefficient (Wildman–Crippen LogP) is 3.08. The molecule has 0 saturated heterocycles. The summed E-state index contributed by atoms with van der Waals surface area (Å²) in [6.07, 6.45) is 3.06. The molecule has 7 heteroatoms. The SMILES string of the molecule is O=S(=O)(Nc1ccnc(Cl)c1)c1cccc2ncccc12. The van der Waals surface area contributed by atoms with E-state index in [0.29, 0.717) is 16.6 Å². The van der Waals surface area contributed by atoms with Crippen LogP contribution < -0.4 is 4.72 Å². The zero-order valence-electron chi connectivity index (χ0n) is 10.7. The number of hydrogen-bond acceptors (Lipinski definition) is 4. The number of sulfonamides is 1. The monoisotopic (exact) mass is 319 g/mol. The second kappa shape index (κ2) is 5.31. The van der Waals surface area contributed by atoms with Gasteiger partial charge in [0.05, 0.1) is 16.1 Å². The van der Waals surface area contributed by atoms with Crippen molar-refractivity contribution in [3.63, 3.8) is 0 Å². The minimum Gasteiger partial charge on any atom is -0.279 e. The van der Waals surface area contributed by atoms with E-state index in [2.05, 4.69) is 14.7 Å². The largest absolute Gasteiger partial charge is 0.279 e. The number of benzene rings is 1. The van der Waals surface area contributed by atoms with Gasteiger partial charge in [-0.25, -0.2) is 13.4 Å². The highest BCUT2D eigenvalue weighted by Gasteiger charge is 2.17. The van der Waals surface area contributed by atoms with Crippen molar-refractivity contribution in [1.82, 2.24) is 9.97 Å². The highest BCUT2D eigenvalue weighted by Crippen LogP contribution is 2.24. The van der Waals surface area contributed by atoms with Crippen LogP contribution in [0.25, 0.3) is 10.9 Å². The Balaban J connectivity index is 2.09. The van der Waals surface area contributed by atoms with E-state index in [1.54, 1.807) is 30.5 Å². The zero-order chi connectivity index (χ0) is 14.9. The van der Waals surface area contributed by atoms with E-state index in [1.807, 2.05) is 0 Å². The molecule has 0 fully saturated rings. The van der Waals surface area contributed by atoms with Crippen molar-refractivity contribution < 1.29 is 8.42 Å². The standard InChI is InChI=1S/C14H10ClN3O2S/c15-14-9-10(6-8-17-14)18-21(19,20)13-5-1-4-12-11(13)3-2-7-16-12/h1-9H,(H,17,18). The van der Waals surface area contributed by atoms with Gasteiger partial charge >= 0.3 is 0 Å². The third-order valence-corrected chi connectivity index (χ3v) is 4.52. The van der Waals surface area contributed by atoms with Crippen LogP contribution in [-0.2, 0) is 10.0 Å². The molecule has 0 atom stereocenters. The minimum atomic E-state index is -3.73. The molecule has 2 aromatic heterocycles. The lowest BCUT2D eigenvalue weighted by atomic mass is 10.2. The van der Waals surface area contributed by atoms with Crippen LogP contribution in [0.3, 0.4) is 0 Å². The van der Waals surface area contributed by atoms with E-state index >= 15 is 0 Å². The quantitative estimate of drug-likeness (QED) is 0.753. The second-order valence-corrected chi connectivity index (χ2v) is 6.34. The van der Waals surface area contributed by atoms with Gasteiger partial charge in [-0.3, -0.25) is 9.71 Å². The van der Waals surface area contributed by atoms with Crippen LogP contribution in [0.1, 0.15) is 0 Å². The van der Waals surface area contributed by atoms with Crippen molar-refractivity contribution in [2.24, 2.45) is 0 Å². The van der Waals surface area contributed by atoms with Gasteiger partial charge in [-0.2, -0.15) is 0 Å². The van der Waals surface area contributed by atoms with Gasteiger partial charge < -0.3 is 0 Å². The van der Waals surface area contributed by atoms with Crippen molar-refractivity contribution in [3.8, 4) is 0 Å². The second-order valence-electron chi connectivity index (χ2n) is 4.30. The van der Waals surface area contributed by atoms with E-state index in [4.69, 9.17) is 11.6 Å². The highest BCUT2D eigenvalue weighted by atomic mass is 35.5. The van der Waals surface area contributed by atoms with Gasteiger partial charge in [0.1, 0.15) is 5.15 Å². The molecule has 0 saturated carbocycles. The number of nitrogens with one attached hydrogen (secondary N) is 1. The fourth-order valence-electron chi connectivity index (χ4n) is 1.99. The van der Waals surface area contributed by atoms with Crippen molar-refractivity contribution in [3.05, 3.63) is 60.0 Å². The molecule has 0 aliphatic carbocycles. The number of anilines is 1. The van der Waals surface area contributed by atoms with E-state index in [9.17, 15) is 8.42 Å². The molecule has 0 radical (unpaired) electrons. The van der Waals surface area contributed by atoms with Crippen LogP contribution in [0, 0.1) is 0 Å². The Hall–Kier alpha value is -2.18. The lowest BCUT2D eigenvalue weighted by molar-refractivity contribution is 0.602. The summed E-state index contributed by atoms with van der Waals surface area (Å²) in [6.45, 7) is 0. The average Bonchev–Trinajstić information content (AvgIpc) is 2.46. The molecule has 1 aromatic carbocycles. The van der Waals surface area contributed by atoms with Crippen LogP contribution >= 0.6 is 11.6 Å². The molecule has 2 heterocycles. The number of aromatic nitrogens is 2. The summed E-state index contributed by atoms with van der Waals surface area (Å²) in [7, 11) is -3.73. The Morgan fingerprint density at radius 1 is 1.00 bits per heavy atom. The Bertz CT molecular complexity index is 907. The molecule has 0 unspecified atom stereocenters. The first-order chi connectivity index (χ1) is 10.1. The Kier molecular flexibility index (Phi) is 3.48. The van der Waals surface area contributed by atoms with Gasteiger partial charge in [0.15, 0.2) is 0 Å². The van der Waals surface area contributed by atoms with Crippen LogP contribution in [0.2, 0.25) is 5.15 Å². The molecule has 21 heavy (non-hydrogen) atoms. The molecule has 1 N–H and O–H groups in total. The van der Waals surface area contributed by atoms with Gasteiger partial charge in [0.2, 0.25) is 0 Å². The zero-order valence-corrected chi connectivity index (χ0v) is 12.3. The van der Waals surface area contributed by atoms with E-state index in [1.165, 1.54) is 24.4 Å². The van der Waals surface area contributed by atoms with Crippen molar-refractivity contribution in [2.45, 2.75) is 4.90 Å². The molecule has 0 spiro atoms. The molecular formula is C14H10ClN3O2S. The summed E-state index contributed by atoms with van der Waals surface area (Å²) in [5, 5.41) is 0.780. The summed E-state index contributed by atoms with van der Waals surface area (Å²) in [5.41, 5.74) is 0.976. The summed E-state index contributed by atoms with van der Waals surface area (Å²) in [4.78, 5) is 8.13. The maximum Gasteiger partial charge on any atom is 0.262 e. The van der Waals surface area contributed by atoms with Crippen LogP contribution in [0.4, 0.5) is 5.69 Å².